The Kier molecular flexibility index (Phi) is 4.63. The van der Waals surface area contributed by atoms with Gasteiger partial charge in [-0.3, -0.25) is 4.79 Å². The normalized spacial score (nSPS) is 15.3. The lowest BCUT2D eigenvalue weighted by Gasteiger charge is -2.29. The third-order valence-electron chi connectivity index (χ3n) is 3.25. The van der Waals surface area contributed by atoms with Crippen LogP contribution in [0.3, 0.4) is 0 Å². The number of hydrogen-bond donors (Lipinski definition) is 1. The summed E-state index contributed by atoms with van der Waals surface area (Å²) in [5.41, 5.74) is 2.04. The number of rotatable bonds is 5. The highest BCUT2D eigenvalue weighted by Gasteiger charge is 2.14. The van der Waals surface area contributed by atoms with Crippen LogP contribution in [-0.4, -0.2) is 44.5 Å². The Labute approximate surface area is 112 Å². The zero-order chi connectivity index (χ0) is 13.7. The maximum atomic E-state index is 10.7. The van der Waals surface area contributed by atoms with Crippen molar-refractivity contribution in [2.24, 2.45) is 0 Å². The molecule has 1 heterocycles. The molecule has 1 aliphatic rings. The molecule has 1 N–H and O–H groups in total. The molecular formula is C14H19NO4. The minimum atomic E-state index is -0.793. The van der Waals surface area contributed by atoms with E-state index in [0.717, 1.165) is 43.3 Å². The molecule has 0 bridgehead atoms. The molecule has 19 heavy (non-hydrogen) atoms. The number of morpholine rings is 1. The lowest BCUT2D eigenvalue weighted by molar-refractivity contribution is -0.136. The molecule has 2 rings (SSSR count). The van der Waals surface area contributed by atoms with E-state index in [9.17, 15) is 4.79 Å². The number of nitrogens with zero attached hydrogens (tertiary/aromatic N) is 1. The Bertz CT molecular complexity index is 441. The SMILES string of the molecule is COc1ccc(N2CCOCC2)cc1CCC(=O)O. The summed E-state index contributed by atoms with van der Waals surface area (Å²) in [6.45, 7) is 3.20. The number of carboxylic acids is 1. The summed E-state index contributed by atoms with van der Waals surface area (Å²) in [4.78, 5) is 12.9. The summed E-state index contributed by atoms with van der Waals surface area (Å²) in [6, 6.07) is 5.93. The summed E-state index contributed by atoms with van der Waals surface area (Å²) in [6.07, 6.45) is 0.597. The predicted octanol–water partition coefficient (Wildman–Crippen LogP) is 1.55. The second-order valence-corrected chi connectivity index (χ2v) is 4.49. The first-order valence-corrected chi connectivity index (χ1v) is 6.42. The third kappa shape index (κ3) is 3.61. The minimum absolute atomic E-state index is 0.114. The first kappa shape index (κ1) is 13.7. The van der Waals surface area contributed by atoms with Gasteiger partial charge >= 0.3 is 5.97 Å². The Balaban J connectivity index is 2.16. The number of carboxylic acid groups (broad SMARTS) is 1. The van der Waals surface area contributed by atoms with Crippen LogP contribution in [0, 0.1) is 0 Å². The Morgan fingerprint density at radius 2 is 2.16 bits per heavy atom. The molecule has 1 saturated heterocycles. The first-order valence-electron chi connectivity index (χ1n) is 6.42. The molecule has 5 heteroatoms. The summed E-state index contributed by atoms with van der Waals surface area (Å²) in [7, 11) is 1.61. The molecule has 0 saturated carbocycles. The van der Waals surface area contributed by atoms with Crippen LogP contribution < -0.4 is 9.64 Å². The van der Waals surface area contributed by atoms with Gasteiger partial charge in [0.15, 0.2) is 0 Å². The van der Waals surface area contributed by atoms with Gasteiger partial charge in [0.25, 0.3) is 0 Å². The number of aryl methyl sites for hydroxylation is 1. The van der Waals surface area contributed by atoms with E-state index in [2.05, 4.69) is 4.90 Å². The molecule has 0 amide bonds. The van der Waals surface area contributed by atoms with Crippen LogP contribution in [0.15, 0.2) is 18.2 Å². The number of hydrogen-bond acceptors (Lipinski definition) is 4. The van der Waals surface area contributed by atoms with E-state index in [1.54, 1.807) is 7.11 Å². The van der Waals surface area contributed by atoms with Crippen molar-refractivity contribution >= 4 is 11.7 Å². The molecule has 0 aromatic heterocycles. The van der Waals surface area contributed by atoms with E-state index < -0.39 is 5.97 Å². The monoisotopic (exact) mass is 265 g/mol. The lowest BCUT2D eigenvalue weighted by atomic mass is 10.1. The zero-order valence-electron chi connectivity index (χ0n) is 11.1. The van der Waals surface area contributed by atoms with Crippen LogP contribution >= 0.6 is 0 Å². The van der Waals surface area contributed by atoms with Crippen LogP contribution in [0.25, 0.3) is 0 Å². The van der Waals surface area contributed by atoms with Gasteiger partial charge < -0.3 is 19.5 Å². The van der Waals surface area contributed by atoms with Crippen molar-refractivity contribution in [2.75, 3.05) is 38.3 Å². The second kappa shape index (κ2) is 6.43. The number of carbonyl (C=O) groups is 1. The minimum Gasteiger partial charge on any atom is -0.496 e. The third-order valence-corrected chi connectivity index (χ3v) is 3.25. The summed E-state index contributed by atoms with van der Waals surface area (Å²) >= 11 is 0. The highest BCUT2D eigenvalue weighted by atomic mass is 16.5. The van der Waals surface area contributed by atoms with Crippen molar-refractivity contribution in [3.8, 4) is 5.75 Å². The molecular weight excluding hydrogens is 246 g/mol. The average Bonchev–Trinajstić information content (AvgIpc) is 2.45. The zero-order valence-corrected chi connectivity index (χ0v) is 11.1. The van der Waals surface area contributed by atoms with E-state index >= 15 is 0 Å². The summed E-state index contributed by atoms with van der Waals surface area (Å²) < 4.78 is 10.6. The largest absolute Gasteiger partial charge is 0.496 e. The predicted molar refractivity (Wildman–Crippen MR) is 72.0 cm³/mol. The van der Waals surface area contributed by atoms with Gasteiger partial charge in [-0.15, -0.1) is 0 Å². The number of aliphatic carboxylic acids is 1. The second-order valence-electron chi connectivity index (χ2n) is 4.49. The maximum Gasteiger partial charge on any atom is 0.303 e. The van der Waals surface area contributed by atoms with Crippen molar-refractivity contribution in [3.05, 3.63) is 23.8 Å². The van der Waals surface area contributed by atoms with Gasteiger partial charge in [-0.25, -0.2) is 0 Å². The van der Waals surface area contributed by atoms with Gasteiger partial charge in [-0.1, -0.05) is 0 Å². The van der Waals surface area contributed by atoms with Crippen molar-refractivity contribution in [1.82, 2.24) is 0 Å². The molecule has 1 fully saturated rings. The summed E-state index contributed by atoms with van der Waals surface area (Å²) in [5, 5.41) is 8.79. The topological polar surface area (TPSA) is 59.0 Å². The molecule has 0 spiro atoms. The van der Waals surface area contributed by atoms with E-state index in [4.69, 9.17) is 14.6 Å². The standard InChI is InChI=1S/C14H19NO4/c1-18-13-4-3-12(15-6-8-19-9-7-15)10-11(13)2-5-14(16)17/h3-4,10H,2,5-9H2,1H3,(H,16,17). The summed E-state index contributed by atoms with van der Waals surface area (Å²) in [5.74, 6) is -0.0444. The molecule has 1 aliphatic heterocycles. The average molecular weight is 265 g/mol. The van der Waals surface area contributed by atoms with Crippen molar-refractivity contribution in [1.29, 1.82) is 0 Å². The van der Waals surface area contributed by atoms with E-state index in [1.165, 1.54) is 0 Å². The van der Waals surface area contributed by atoms with E-state index in [0.29, 0.717) is 6.42 Å². The fourth-order valence-corrected chi connectivity index (χ4v) is 2.22. The molecule has 0 aliphatic carbocycles. The van der Waals surface area contributed by atoms with Crippen LogP contribution in [0.4, 0.5) is 5.69 Å². The van der Waals surface area contributed by atoms with E-state index in [-0.39, 0.29) is 6.42 Å². The van der Waals surface area contributed by atoms with Crippen LogP contribution in [0.5, 0.6) is 5.75 Å². The van der Waals surface area contributed by atoms with Gasteiger partial charge in [0.05, 0.1) is 20.3 Å². The van der Waals surface area contributed by atoms with Crippen LogP contribution in [-0.2, 0) is 16.0 Å². The molecule has 0 radical (unpaired) electrons. The number of anilines is 1. The fourth-order valence-electron chi connectivity index (χ4n) is 2.22. The van der Waals surface area contributed by atoms with Gasteiger partial charge in [0.1, 0.15) is 5.75 Å². The van der Waals surface area contributed by atoms with Crippen LogP contribution in [0.2, 0.25) is 0 Å². The highest BCUT2D eigenvalue weighted by molar-refractivity contribution is 5.67. The smallest absolute Gasteiger partial charge is 0.303 e. The van der Waals surface area contributed by atoms with Crippen molar-refractivity contribution in [2.45, 2.75) is 12.8 Å². The molecule has 1 aromatic rings. The number of ether oxygens (including phenoxy) is 2. The Morgan fingerprint density at radius 3 is 2.79 bits per heavy atom. The maximum absolute atomic E-state index is 10.7. The molecule has 0 atom stereocenters. The fraction of sp³-hybridized carbons (Fsp3) is 0.500. The van der Waals surface area contributed by atoms with Crippen molar-refractivity contribution in [3.63, 3.8) is 0 Å². The molecule has 1 aromatic carbocycles. The Morgan fingerprint density at radius 1 is 1.42 bits per heavy atom. The number of benzene rings is 1. The van der Waals surface area contributed by atoms with Crippen molar-refractivity contribution < 1.29 is 19.4 Å². The highest BCUT2D eigenvalue weighted by Crippen LogP contribution is 2.26. The van der Waals surface area contributed by atoms with Gasteiger partial charge in [0, 0.05) is 25.2 Å². The quantitative estimate of drug-likeness (QED) is 0.875. The van der Waals surface area contributed by atoms with Gasteiger partial charge in [0.2, 0.25) is 0 Å². The van der Waals surface area contributed by atoms with Crippen LogP contribution in [0.1, 0.15) is 12.0 Å². The molecule has 0 unspecified atom stereocenters. The van der Waals surface area contributed by atoms with E-state index in [1.807, 2.05) is 18.2 Å². The molecule has 104 valence electrons. The number of methoxy groups -OCH3 is 1. The molecule has 5 nitrogen and oxygen atoms in total. The lowest BCUT2D eigenvalue weighted by Crippen LogP contribution is -2.36. The Hall–Kier alpha value is -1.75. The van der Waals surface area contributed by atoms with Gasteiger partial charge in [-0.05, 0) is 30.2 Å². The van der Waals surface area contributed by atoms with Gasteiger partial charge in [-0.2, -0.15) is 0 Å². The first-order chi connectivity index (χ1) is 9.20.